The Kier molecular flexibility index (Phi) is 5.13. The summed E-state index contributed by atoms with van der Waals surface area (Å²) in [6.45, 7) is 1.18. The summed E-state index contributed by atoms with van der Waals surface area (Å²) in [4.78, 5) is 33.9. The second-order valence-corrected chi connectivity index (χ2v) is 5.63. The van der Waals surface area contributed by atoms with E-state index in [-0.39, 0.29) is 29.7 Å². The molecule has 14 heteroatoms. The second kappa shape index (κ2) is 7.36. The molecule has 2 aromatic heterocycles. The van der Waals surface area contributed by atoms with Crippen molar-refractivity contribution in [2.45, 2.75) is 31.5 Å². The fourth-order valence-electron chi connectivity index (χ4n) is 2.70. The molecule has 1 aliphatic heterocycles. The van der Waals surface area contributed by atoms with Crippen LogP contribution in [-0.2, 0) is 9.47 Å². The maximum atomic E-state index is 12.1. The quantitative estimate of drug-likeness (QED) is 0.265. The lowest BCUT2D eigenvalue weighted by atomic mass is 10.1. The average Bonchev–Trinajstić information content (AvgIpc) is 3.11. The van der Waals surface area contributed by atoms with E-state index >= 15 is 0 Å². The van der Waals surface area contributed by atoms with Gasteiger partial charge in [0.05, 0.1) is 13.2 Å². The first-order valence-electron chi connectivity index (χ1n) is 7.96. The lowest BCUT2D eigenvalue weighted by molar-refractivity contribution is -0.0502. The van der Waals surface area contributed by atoms with E-state index in [1.54, 1.807) is 6.92 Å². The highest BCUT2D eigenvalue weighted by atomic mass is 16.6. The molecule has 3 rings (SSSR count). The molecule has 0 aromatic carbocycles. The Morgan fingerprint density at radius 2 is 2.15 bits per heavy atom. The number of carbonyl (C=O) groups excluding carboxylic acids is 1. The number of nitrogens with one attached hydrogen (secondary N) is 3. The first-order chi connectivity index (χ1) is 12.9. The number of imidazole rings is 1. The SMILES string of the molecule is CCOC(=O)NNc1nc2c(=O)[nH]c(N)nc2n1[C@@H]1O[C@H](CO)[C@@H](O)[C@H]1O. The van der Waals surface area contributed by atoms with Gasteiger partial charge in [0, 0.05) is 0 Å². The van der Waals surface area contributed by atoms with Crippen LogP contribution in [0.1, 0.15) is 13.2 Å². The number of anilines is 2. The summed E-state index contributed by atoms with van der Waals surface area (Å²) in [5, 5.41) is 29.6. The summed E-state index contributed by atoms with van der Waals surface area (Å²) in [5.41, 5.74) is 9.31. The van der Waals surface area contributed by atoms with Crippen molar-refractivity contribution in [2.75, 3.05) is 24.4 Å². The monoisotopic (exact) mass is 385 g/mol. The zero-order valence-electron chi connectivity index (χ0n) is 14.1. The van der Waals surface area contributed by atoms with E-state index in [1.165, 1.54) is 0 Å². The summed E-state index contributed by atoms with van der Waals surface area (Å²) in [7, 11) is 0. The molecule has 0 radical (unpaired) electrons. The van der Waals surface area contributed by atoms with Crippen LogP contribution < -0.4 is 22.1 Å². The van der Waals surface area contributed by atoms with E-state index in [0.29, 0.717) is 0 Å². The first kappa shape index (κ1) is 18.8. The molecular weight excluding hydrogens is 366 g/mol. The number of aliphatic hydroxyl groups is 3. The van der Waals surface area contributed by atoms with Crippen molar-refractivity contribution < 1.29 is 29.6 Å². The molecular formula is C13H19N7O7. The standard InChI is InChI=1S/C13H19N7O7/c1-2-26-13(25)19-18-12-15-5-8(16-11(14)17-9(5)24)20(12)10-7(23)6(22)4(3-21)27-10/h4,6-7,10,21-23H,2-3H2,1H3,(H,15,18)(H,19,25)(H3,14,16,17,24)/t4-,6-,7-,10-/m1/s1. The van der Waals surface area contributed by atoms with Crippen molar-refractivity contribution in [3.63, 3.8) is 0 Å². The van der Waals surface area contributed by atoms with Crippen molar-refractivity contribution in [1.82, 2.24) is 24.9 Å². The van der Waals surface area contributed by atoms with Crippen LogP contribution in [0.4, 0.5) is 16.7 Å². The van der Waals surface area contributed by atoms with Crippen LogP contribution >= 0.6 is 0 Å². The Balaban J connectivity index is 2.06. The molecule has 1 fully saturated rings. The van der Waals surface area contributed by atoms with E-state index < -0.39 is 42.8 Å². The third-order valence-corrected chi connectivity index (χ3v) is 3.89. The zero-order chi connectivity index (χ0) is 19.7. The minimum absolute atomic E-state index is 0.0701. The van der Waals surface area contributed by atoms with Crippen molar-refractivity contribution >= 4 is 29.2 Å². The molecule has 0 spiro atoms. The number of nitrogens with zero attached hydrogens (tertiary/aromatic N) is 3. The number of hydrogen-bond acceptors (Lipinski definition) is 11. The molecule has 3 heterocycles. The molecule has 2 aromatic rings. The number of aliphatic hydroxyl groups excluding tert-OH is 3. The van der Waals surface area contributed by atoms with Crippen LogP contribution in [0, 0.1) is 0 Å². The van der Waals surface area contributed by atoms with Gasteiger partial charge in [-0.1, -0.05) is 0 Å². The summed E-state index contributed by atoms with van der Waals surface area (Å²) < 4.78 is 11.3. The van der Waals surface area contributed by atoms with Crippen molar-refractivity contribution in [1.29, 1.82) is 0 Å². The van der Waals surface area contributed by atoms with Crippen molar-refractivity contribution in [3.05, 3.63) is 10.4 Å². The molecule has 0 aliphatic carbocycles. The van der Waals surface area contributed by atoms with Crippen molar-refractivity contribution in [2.24, 2.45) is 0 Å². The number of aromatic amines is 1. The molecule has 1 aliphatic rings. The molecule has 0 bridgehead atoms. The van der Waals surface area contributed by atoms with Crippen LogP contribution in [0.15, 0.2) is 4.79 Å². The summed E-state index contributed by atoms with van der Waals surface area (Å²) >= 11 is 0. The highest BCUT2D eigenvalue weighted by Gasteiger charge is 2.45. The van der Waals surface area contributed by atoms with Crippen LogP contribution in [0.5, 0.6) is 0 Å². The maximum Gasteiger partial charge on any atom is 0.426 e. The van der Waals surface area contributed by atoms with Gasteiger partial charge < -0.3 is 30.5 Å². The minimum atomic E-state index is -1.48. The summed E-state index contributed by atoms with van der Waals surface area (Å²) in [5.74, 6) is -0.359. The molecule has 148 valence electrons. The highest BCUT2D eigenvalue weighted by molar-refractivity contribution is 5.76. The average molecular weight is 385 g/mol. The second-order valence-electron chi connectivity index (χ2n) is 5.63. The molecule has 1 saturated heterocycles. The topological polar surface area (TPSA) is 210 Å². The highest BCUT2D eigenvalue weighted by Crippen LogP contribution is 2.33. The Labute approximate surface area is 150 Å². The fourth-order valence-corrected chi connectivity index (χ4v) is 2.70. The molecule has 27 heavy (non-hydrogen) atoms. The number of aromatic nitrogens is 4. The smallest absolute Gasteiger partial charge is 0.426 e. The predicted octanol–water partition coefficient (Wildman–Crippen LogP) is -2.61. The largest absolute Gasteiger partial charge is 0.449 e. The van der Waals surface area contributed by atoms with Crippen LogP contribution in [0.25, 0.3) is 11.2 Å². The molecule has 0 unspecified atom stereocenters. The zero-order valence-corrected chi connectivity index (χ0v) is 14.1. The first-order valence-corrected chi connectivity index (χ1v) is 7.96. The number of amides is 1. The van der Waals surface area contributed by atoms with Gasteiger partial charge in [0.15, 0.2) is 17.4 Å². The van der Waals surface area contributed by atoms with Gasteiger partial charge in [0.25, 0.3) is 5.56 Å². The van der Waals surface area contributed by atoms with Gasteiger partial charge in [0.2, 0.25) is 11.9 Å². The maximum absolute atomic E-state index is 12.1. The normalized spacial score (nSPS) is 24.9. The molecule has 8 N–H and O–H groups in total. The Morgan fingerprint density at radius 3 is 2.78 bits per heavy atom. The van der Waals surface area contributed by atoms with E-state index in [1.807, 2.05) is 0 Å². The lowest BCUT2D eigenvalue weighted by Gasteiger charge is -2.19. The van der Waals surface area contributed by atoms with Crippen molar-refractivity contribution in [3.8, 4) is 0 Å². The van der Waals surface area contributed by atoms with Gasteiger partial charge in [-0.3, -0.25) is 19.8 Å². The molecule has 4 atom stereocenters. The predicted molar refractivity (Wildman–Crippen MR) is 89.4 cm³/mol. The van der Waals surface area contributed by atoms with Gasteiger partial charge in [0.1, 0.15) is 18.3 Å². The van der Waals surface area contributed by atoms with Gasteiger partial charge in [-0.15, -0.1) is 0 Å². The Hall–Kier alpha value is -2.94. The number of hydrazine groups is 1. The van der Waals surface area contributed by atoms with Crippen LogP contribution in [-0.4, -0.2) is 72.5 Å². The van der Waals surface area contributed by atoms with Gasteiger partial charge in [-0.05, 0) is 6.92 Å². The van der Waals surface area contributed by atoms with Crippen LogP contribution in [0.2, 0.25) is 0 Å². The minimum Gasteiger partial charge on any atom is -0.449 e. The molecule has 14 nitrogen and oxygen atoms in total. The Bertz CT molecular complexity index is 897. The number of rotatable bonds is 5. The third-order valence-electron chi connectivity index (χ3n) is 3.89. The fraction of sp³-hybridized carbons (Fsp3) is 0.538. The number of fused-ring (bicyclic) bond motifs is 1. The van der Waals surface area contributed by atoms with Gasteiger partial charge in [-0.25, -0.2) is 15.2 Å². The number of H-pyrrole nitrogens is 1. The number of carbonyl (C=O) groups is 1. The summed E-state index contributed by atoms with van der Waals surface area (Å²) in [6.07, 6.45) is -6.05. The van der Waals surface area contributed by atoms with Crippen LogP contribution in [0.3, 0.4) is 0 Å². The Morgan fingerprint density at radius 1 is 1.41 bits per heavy atom. The summed E-state index contributed by atoms with van der Waals surface area (Å²) in [6, 6.07) is 0. The number of nitrogen functional groups attached to an aromatic ring is 1. The van der Waals surface area contributed by atoms with E-state index in [9.17, 15) is 24.9 Å². The van der Waals surface area contributed by atoms with E-state index in [4.69, 9.17) is 15.2 Å². The number of hydrogen-bond donors (Lipinski definition) is 7. The van der Waals surface area contributed by atoms with Gasteiger partial charge >= 0.3 is 6.09 Å². The third kappa shape index (κ3) is 3.37. The number of ether oxygens (including phenoxy) is 2. The van der Waals surface area contributed by atoms with Gasteiger partial charge in [-0.2, -0.15) is 4.98 Å². The number of nitrogens with two attached hydrogens (primary N) is 1. The molecule has 1 amide bonds. The van der Waals surface area contributed by atoms with E-state index in [0.717, 1.165) is 4.57 Å². The van der Waals surface area contributed by atoms with E-state index in [2.05, 4.69) is 25.8 Å². The molecule has 0 saturated carbocycles. The lowest BCUT2D eigenvalue weighted by Crippen LogP contribution is -2.34.